The first kappa shape index (κ1) is 28.8. The molecular weight excluding hydrogens is 432 g/mol. The van der Waals surface area contributed by atoms with Crippen molar-refractivity contribution < 1.29 is 18.4 Å². The molecule has 3 unspecified atom stereocenters. The van der Waals surface area contributed by atoms with E-state index >= 15 is 0 Å². The molecule has 0 aliphatic heterocycles. The summed E-state index contributed by atoms with van der Waals surface area (Å²) in [4.78, 5) is 24.2. The molecule has 0 aromatic rings. The van der Waals surface area contributed by atoms with Crippen molar-refractivity contribution in [1.82, 2.24) is 0 Å². The highest BCUT2D eigenvalue weighted by atomic mass is 28.4. The first-order valence-corrected chi connectivity index (χ1v) is 19.2. The average molecular weight is 479 g/mol. The molecule has 32 heavy (non-hydrogen) atoms. The summed E-state index contributed by atoms with van der Waals surface area (Å²) in [5.74, 6) is 0.226. The average Bonchev–Trinajstić information content (AvgIpc) is 3.00. The molecule has 0 saturated carbocycles. The summed E-state index contributed by atoms with van der Waals surface area (Å²) in [6.07, 6.45) is 19.9. The predicted molar refractivity (Wildman–Crippen MR) is 140 cm³/mol. The Morgan fingerprint density at radius 1 is 1.06 bits per heavy atom. The van der Waals surface area contributed by atoms with Gasteiger partial charge in [-0.1, -0.05) is 56.6 Å². The zero-order valence-electron chi connectivity index (χ0n) is 21.5. The van der Waals surface area contributed by atoms with Crippen molar-refractivity contribution in [3.8, 4) is 0 Å². The van der Waals surface area contributed by atoms with Crippen LogP contribution in [0.5, 0.6) is 0 Å². The lowest BCUT2D eigenvalue weighted by atomic mass is 9.90. The van der Waals surface area contributed by atoms with E-state index < -0.39 is 16.6 Å². The highest BCUT2D eigenvalue weighted by Gasteiger charge is 2.28. The van der Waals surface area contributed by atoms with Gasteiger partial charge in [0, 0.05) is 18.3 Å². The van der Waals surface area contributed by atoms with Crippen LogP contribution in [0, 0.1) is 11.8 Å². The summed E-state index contributed by atoms with van der Waals surface area (Å²) >= 11 is 0. The van der Waals surface area contributed by atoms with Crippen LogP contribution >= 0.6 is 0 Å². The molecule has 1 aliphatic carbocycles. The Balaban J connectivity index is 2.53. The van der Waals surface area contributed by atoms with Crippen LogP contribution in [0.3, 0.4) is 0 Å². The molecule has 0 aromatic carbocycles. The van der Waals surface area contributed by atoms with E-state index in [2.05, 4.69) is 50.9 Å². The maximum Gasteiger partial charge on any atom is 0.292 e. The Morgan fingerprint density at radius 3 is 2.41 bits per heavy atom. The first-order valence-electron chi connectivity index (χ1n) is 12.4. The Labute approximate surface area is 198 Å². The van der Waals surface area contributed by atoms with Crippen molar-refractivity contribution in [2.75, 3.05) is 0 Å². The minimum atomic E-state index is -1.79. The number of allylic oxidation sites excluding steroid dienone is 5. The van der Waals surface area contributed by atoms with Gasteiger partial charge in [-0.05, 0) is 71.0 Å². The number of carbonyl (C=O) groups excluding carboxylic acids is 2. The third-order valence-corrected chi connectivity index (χ3v) is 7.04. The van der Waals surface area contributed by atoms with Crippen LogP contribution in [0.2, 0.25) is 39.3 Å². The van der Waals surface area contributed by atoms with Crippen LogP contribution in [0.15, 0.2) is 36.5 Å². The molecule has 0 heterocycles. The van der Waals surface area contributed by atoms with Crippen molar-refractivity contribution in [2.24, 2.45) is 11.8 Å². The molecule has 1 aliphatic rings. The number of hydrogen-bond donors (Lipinski definition) is 0. The van der Waals surface area contributed by atoms with Crippen LogP contribution in [-0.4, -0.2) is 34.5 Å². The van der Waals surface area contributed by atoms with E-state index in [9.17, 15) is 9.59 Å². The van der Waals surface area contributed by atoms with Gasteiger partial charge >= 0.3 is 0 Å². The lowest BCUT2D eigenvalue weighted by molar-refractivity contribution is -0.135. The fourth-order valence-electron chi connectivity index (χ4n) is 3.74. The molecule has 0 bridgehead atoms. The standard InChI is InChI=1S/C26H46O4Si2/c1-8-9-12-15-23(29-31(2,3)4)20-18-22-19-21-25(27)24(22)16-13-10-11-14-17-26(28)30-32(5,6)7/h10,13,18-24H,8-9,11-12,14-17H2,1-7H3/b13-10+,20-18+. The molecule has 3 atom stereocenters. The number of unbranched alkanes of at least 4 members (excludes halogenated alkanes) is 3. The van der Waals surface area contributed by atoms with Gasteiger partial charge in [-0.3, -0.25) is 9.59 Å². The molecule has 6 heteroatoms. The van der Waals surface area contributed by atoms with Gasteiger partial charge in [-0.2, -0.15) is 0 Å². The minimum Gasteiger partial charge on any atom is -0.520 e. The second-order valence-corrected chi connectivity index (χ2v) is 19.7. The zero-order valence-corrected chi connectivity index (χ0v) is 23.5. The second kappa shape index (κ2) is 14.1. The number of carbonyl (C=O) groups is 2. The molecule has 0 spiro atoms. The van der Waals surface area contributed by atoms with Gasteiger partial charge in [-0.25, -0.2) is 0 Å². The highest BCUT2D eigenvalue weighted by molar-refractivity contribution is 6.71. The Kier molecular flexibility index (Phi) is 12.7. The molecule has 4 nitrogen and oxygen atoms in total. The maximum absolute atomic E-state index is 12.4. The summed E-state index contributed by atoms with van der Waals surface area (Å²) in [6, 6.07) is 0. The van der Waals surface area contributed by atoms with Gasteiger partial charge in [0.25, 0.3) is 5.97 Å². The van der Waals surface area contributed by atoms with Crippen molar-refractivity contribution in [1.29, 1.82) is 0 Å². The molecular formula is C26H46O4Si2. The summed E-state index contributed by atoms with van der Waals surface area (Å²) in [7, 11) is -3.41. The van der Waals surface area contributed by atoms with Gasteiger partial charge in [0.05, 0.1) is 6.10 Å². The van der Waals surface area contributed by atoms with Crippen LogP contribution in [0.1, 0.15) is 58.3 Å². The van der Waals surface area contributed by atoms with Crippen molar-refractivity contribution in [2.45, 2.75) is 104 Å². The van der Waals surface area contributed by atoms with E-state index in [0.717, 1.165) is 25.7 Å². The van der Waals surface area contributed by atoms with E-state index in [1.165, 1.54) is 19.3 Å². The Bertz CT molecular complexity index is 668. The lowest BCUT2D eigenvalue weighted by Crippen LogP contribution is -2.31. The monoisotopic (exact) mass is 478 g/mol. The third kappa shape index (κ3) is 13.3. The van der Waals surface area contributed by atoms with Crippen LogP contribution in [-0.2, 0) is 18.4 Å². The van der Waals surface area contributed by atoms with E-state index in [0.29, 0.717) is 6.42 Å². The van der Waals surface area contributed by atoms with Crippen molar-refractivity contribution in [3.63, 3.8) is 0 Å². The Morgan fingerprint density at radius 2 is 1.78 bits per heavy atom. The second-order valence-electron chi connectivity index (χ2n) is 10.8. The first-order chi connectivity index (χ1) is 14.9. The van der Waals surface area contributed by atoms with E-state index in [1.807, 2.05) is 25.7 Å². The molecule has 0 aromatic heterocycles. The molecule has 0 radical (unpaired) electrons. The van der Waals surface area contributed by atoms with Crippen molar-refractivity contribution >= 4 is 28.4 Å². The summed E-state index contributed by atoms with van der Waals surface area (Å²) in [6.45, 7) is 15.0. The fourth-order valence-corrected chi connectivity index (χ4v) is 5.63. The number of ketones is 1. The van der Waals surface area contributed by atoms with Crippen LogP contribution in [0.25, 0.3) is 0 Å². The molecule has 182 valence electrons. The molecule has 0 fully saturated rings. The summed E-state index contributed by atoms with van der Waals surface area (Å²) in [5, 5.41) is 0. The number of rotatable bonds is 15. The van der Waals surface area contributed by atoms with Gasteiger partial charge in [-0.15, -0.1) is 0 Å². The smallest absolute Gasteiger partial charge is 0.292 e. The quantitative estimate of drug-likeness (QED) is 0.142. The highest BCUT2D eigenvalue weighted by Crippen LogP contribution is 2.28. The fraction of sp³-hybridized carbons (Fsp3) is 0.692. The molecule has 0 saturated heterocycles. The van der Waals surface area contributed by atoms with Gasteiger partial charge in [0.15, 0.2) is 14.1 Å². The van der Waals surface area contributed by atoms with E-state index in [-0.39, 0.29) is 29.7 Å². The summed E-state index contributed by atoms with van der Waals surface area (Å²) in [5.41, 5.74) is 0. The largest absolute Gasteiger partial charge is 0.520 e. The van der Waals surface area contributed by atoms with Gasteiger partial charge < -0.3 is 8.85 Å². The normalized spacial score (nSPS) is 20.5. The zero-order chi connectivity index (χ0) is 24.2. The minimum absolute atomic E-state index is 0.0254. The predicted octanol–water partition coefficient (Wildman–Crippen LogP) is 7.21. The number of hydrogen-bond acceptors (Lipinski definition) is 4. The lowest BCUT2D eigenvalue weighted by Gasteiger charge is -2.25. The topological polar surface area (TPSA) is 52.6 Å². The van der Waals surface area contributed by atoms with Crippen LogP contribution in [0.4, 0.5) is 0 Å². The summed E-state index contributed by atoms with van der Waals surface area (Å²) < 4.78 is 11.8. The van der Waals surface area contributed by atoms with Crippen LogP contribution < -0.4 is 0 Å². The molecule has 1 rings (SSSR count). The van der Waals surface area contributed by atoms with Gasteiger partial charge in [0.1, 0.15) is 0 Å². The van der Waals surface area contributed by atoms with Gasteiger partial charge in [0.2, 0.25) is 8.32 Å². The van der Waals surface area contributed by atoms with E-state index in [1.54, 1.807) is 6.08 Å². The molecule has 0 N–H and O–H groups in total. The maximum atomic E-state index is 12.4. The van der Waals surface area contributed by atoms with Crippen molar-refractivity contribution in [3.05, 3.63) is 36.5 Å². The molecule has 0 amide bonds. The Hall–Kier alpha value is -1.25. The van der Waals surface area contributed by atoms with E-state index in [4.69, 9.17) is 8.85 Å². The third-order valence-electron chi connectivity index (χ3n) is 5.19. The SMILES string of the molecule is CCCCCC(/C=C/C1C=CC(=O)C1C/C=C/CCCC(=O)O[Si](C)(C)C)O[Si](C)(C)C.